The van der Waals surface area contributed by atoms with Crippen LogP contribution in [0.25, 0.3) is 0 Å². The van der Waals surface area contributed by atoms with Crippen molar-refractivity contribution < 1.29 is 0 Å². The molecule has 0 aromatic rings. The van der Waals surface area contributed by atoms with Gasteiger partial charge >= 0.3 is 0 Å². The highest BCUT2D eigenvalue weighted by Crippen LogP contribution is 2.49. The third-order valence-electron chi connectivity index (χ3n) is 3.39. The molecule has 2 nitrogen and oxygen atoms in total. The summed E-state index contributed by atoms with van der Waals surface area (Å²) in [7, 11) is 0. The van der Waals surface area contributed by atoms with Crippen LogP contribution in [-0.4, -0.2) is 31.1 Å². The Morgan fingerprint density at radius 1 is 1.17 bits per heavy atom. The van der Waals surface area contributed by atoms with Crippen LogP contribution in [0.4, 0.5) is 0 Å². The highest BCUT2D eigenvalue weighted by molar-refractivity contribution is 4.96. The Morgan fingerprint density at radius 2 is 1.83 bits per heavy atom. The molecule has 1 aliphatic heterocycles. The van der Waals surface area contributed by atoms with Crippen LogP contribution >= 0.6 is 0 Å². The topological polar surface area (TPSA) is 29.3 Å². The fourth-order valence-electron chi connectivity index (χ4n) is 2.39. The lowest BCUT2D eigenvalue weighted by Crippen LogP contribution is -2.29. The molecule has 2 rings (SSSR count). The van der Waals surface area contributed by atoms with E-state index in [4.69, 9.17) is 5.73 Å². The molecular formula is C10H20N2. The minimum absolute atomic E-state index is 0.666. The molecule has 0 aromatic heterocycles. The van der Waals surface area contributed by atoms with E-state index in [0.717, 1.165) is 6.54 Å². The Bertz CT molecular complexity index is 146. The average Bonchev–Trinajstić information content (AvgIpc) is 2.63. The molecule has 0 amide bonds. The number of rotatable bonds is 4. The molecule has 70 valence electrons. The third-order valence-corrected chi connectivity index (χ3v) is 3.39. The molecule has 2 heteroatoms. The summed E-state index contributed by atoms with van der Waals surface area (Å²) in [4.78, 5) is 2.63. The molecule has 12 heavy (non-hydrogen) atoms. The summed E-state index contributed by atoms with van der Waals surface area (Å²) in [6.07, 6.45) is 6.95. The van der Waals surface area contributed by atoms with Gasteiger partial charge in [0.2, 0.25) is 0 Å². The summed E-state index contributed by atoms with van der Waals surface area (Å²) in [5.74, 6) is 0. The molecule has 0 radical (unpaired) electrons. The maximum atomic E-state index is 5.61. The van der Waals surface area contributed by atoms with Crippen LogP contribution in [0, 0.1) is 5.41 Å². The molecule has 0 unspecified atom stereocenters. The van der Waals surface area contributed by atoms with Gasteiger partial charge in [-0.1, -0.05) is 0 Å². The Labute approximate surface area is 75.1 Å². The van der Waals surface area contributed by atoms with E-state index in [0.29, 0.717) is 5.41 Å². The second-order valence-electron chi connectivity index (χ2n) is 4.52. The number of nitrogens with zero attached hydrogens (tertiary/aromatic N) is 1. The largest absolute Gasteiger partial charge is 0.330 e. The van der Waals surface area contributed by atoms with Crippen molar-refractivity contribution in [2.24, 2.45) is 11.1 Å². The Balaban J connectivity index is 1.77. The van der Waals surface area contributed by atoms with Gasteiger partial charge in [0.15, 0.2) is 0 Å². The van der Waals surface area contributed by atoms with Crippen molar-refractivity contribution in [1.29, 1.82) is 0 Å². The third kappa shape index (κ3) is 1.80. The number of hydrogen-bond donors (Lipinski definition) is 1. The van der Waals surface area contributed by atoms with Crippen molar-refractivity contribution in [3.8, 4) is 0 Å². The molecule has 1 saturated heterocycles. The molecule has 0 spiro atoms. The van der Waals surface area contributed by atoms with Gasteiger partial charge < -0.3 is 10.6 Å². The first-order valence-corrected chi connectivity index (χ1v) is 5.27. The smallest absolute Gasteiger partial charge is 0.00385 e. The summed E-state index contributed by atoms with van der Waals surface area (Å²) in [6, 6.07) is 0. The summed E-state index contributed by atoms with van der Waals surface area (Å²) in [5.41, 5.74) is 6.28. The highest BCUT2D eigenvalue weighted by atomic mass is 15.1. The number of likely N-dealkylation sites (tertiary alicyclic amines) is 1. The zero-order valence-electron chi connectivity index (χ0n) is 7.89. The van der Waals surface area contributed by atoms with E-state index in [1.54, 1.807) is 0 Å². The van der Waals surface area contributed by atoms with Crippen molar-refractivity contribution in [2.45, 2.75) is 32.1 Å². The summed E-state index contributed by atoms with van der Waals surface area (Å²) in [5, 5.41) is 0. The molecular weight excluding hydrogens is 148 g/mol. The maximum Gasteiger partial charge on any atom is 0.00385 e. The Morgan fingerprint density at radius 3 is 2.33 bits per heavy atom. The van der Waals surface area contributed by atoms with Gasteiger partial charge in [0.1, 0.15) is 0 Å². The first-order valence-electron chi connectivity index (χ1n) is 5.27. The fraction of sp³-hybridized carbons (Fsp3) is 1.00. The molecule has 0 bridgehead atoms. The van der Waals surface area contributed by atoms with E-state index < -0.39 is 0 Å². The van der Waals surface area contributed by atoms with Gasteiger partial charge in [0.05, 0.1) is 0 Å². The molecule has 2 N–H and O–H groups in total. The van der Waals surface area contributed by atoms with Crippen molar-refractivity contribution in [3.05, 3.63) is 0 Å². The van der Waals surface area contributed by atoms with Crippen molar-refractivity contribution in [1.82, 2.24) is 4.90 Å². The summed E-state index contributed by atoms with van der Waals surface area (Å²) >= 11 is 0. The van der Waals surface area contributed by atoms with E-state index in [2.05, 4.69) is 4.90 Å². The minimum atomic E-state index is 0.666. The van der Waals surface area contributed by atoms with E-state index >= 15 is 0 Å². The lowest BCUT2D eigenvalue weighted by Gasteiger charge is -2.22. The average molecular weight is 168 g/mol. The van der Waals surface area contributed by atoms with Gasteiger partial charge in [-0.3, -0.25) is 0 Å². The SMILES string of the molecule is NCCC1(CN2CCCC2)CC1. The molecule has 1 saturated carbocycles. The first kappa shape index (κ1) is 8.52. The predicted molar refractivity (Wildman–Crippen MR) is 51.0 cm³/mol. The standard InChI is InChI=1S/C10H20N2/c11-6-5-10(3-4-10)9-12-7-1-2-8-12/h1-9,11H2. The lowest BCUT2D eigenvalue weighted by molar-refractivity contribution is 0.256. The van der Waals surface area contributed by atoms with Crippen LogP contribution in [-0.2, 0) is 0 Å². The zero-order chi connectivity index (χ0) is 8.44. The normalized spacial score (nSPS) is 27.8. The Kier molecular flexibility index (Phi) is 2.37. The van der Waals surface area contributed by atoms with Crippen LogP contribution in [0.15, 0.2) is 0 Å². The fourth-order valence-corrected chi connectivity index (χ4v) is 2.39. The minimum Gasteiger partial charge on any atom is -0.330 e. The van der Waals surface area contributed by atoms with Crippen molar-refractivity contribution in [3.63, 3.8) is 0 Å². The van der Waals surface area contributed by atoms with Crippen LogP contribution in [0.1, 0.15) is 32.1 Å². The Hall–Kier alpha value is -0.0800. The maximum absolute atomic E-state index is 5.61. The second kappa shape index (κ2) is 3.35. The molecule has 1 aliphatic carbocycles. The quantitative estimate of drug-likeness (QED) is 0.683. The molecule has 2 fully saturated rings. The lowest BCUT2D eigenvalue weighted by atomic mass is 10.0. The van der Waals surface area contributed by atoms with Crippen LogP contribution in [0.3, 0.4) is 0 Å². The molecule has 0 atom stereocenters. The van der Waals surface area contributed by atoms with E-state index in [-0.39, 0.29) is 0 Å². The van der Waals surface area contributed by atoms with Crippen molar-refractivity contribution >= 4 is 0 Å². The zero-order valence-corrected chi connectivity index (χ0v) is 7.89. The van der Waals surface area contributed by atoms with E-state index in [9.17, 15) is 0 Å². The van der Waals surface area contributed by atoms with E-state index in [1.165, 1.54) is 51.7 Å². The van der Waals surface area contributed by atoms with Crippen LogP contribution < -0.4 is 5.73 Å². The van der Waals surface area contributed by atoms with Gasteiger partial charge in [-0.2, -0.15) is 0 Å². The monoisotopic (exact) mass is 168 g/mol. The van der Waals surface area contributed by atoms with Gasteiger partial charge in [-0.05, 0) is 57.2 Å². The van der Waals surface area contributed by atoms with Crippen molar-refractivity contribution in [2.75, 3.05) is 26.2 Å². The molecule has 0 aromatic carbocycles. The first-order chi connectivity index (χ1) is 5.85. The number of hydrogen-bond acceptors (Lipinski definition) is 2. The highest BCUT2D eigenvalue weighted by Gasteiger charge is 2.42. The van der Waals surface area contributed by atoms with E-state index in [1.807, 2.05) is 0 Å². The predicted octanol–water partition coefficient (Wildman–Crippen LogP) is 1.21. The van der Waals surface area contributed by atoms with Gasteiger partial charge in [-0.15, -0.1) is 0 Å². The second-order valence-corrected chi connectivity index (χ2v) is 4.52. The van der Waals surface area contributed by atoms with Crippen LogP contribution in [0.2, 0.25) is 0 Å². The summed E-state index contributed by atoms with van der Waals surface area (Å²) < 4.78 is 0. The van der Waals surface area contributed by atoms with Gasteiger partial charge in [0.25, 0.3) is 0 Å². The molecule has 2 aliphatic rings. The molecule has 1 heterocycles. The number of nitrogens with two attached hydrogens (primary N) is 1. The van der Waals surface area contributed by atoms with Gasteiger partial charge in [-0.25, -0.2) is 0 Å². The van der Waals surface area contributed by atoms with Crippen LogP contribution in [0.5, 0.6) is 0 Å². The summed E-state index contributed by atoms with van der Waals surface area (Å²) in [6.45, 7) is 4.90. The van der Waals surface area contributed by atoms with Gasteiger partial charge in [0, 0.05) is 6.54 Å².